The molecule has 0 aliphatic rings. The molecule has 0 atom stereocenters. The van der Waals surface area contributed by atoms with Crippen LogP contribution in [0, 0.1) is 6.92 Å². The molecular weight excluding hydrogens is 255 g/mol. The highest BCUT2D eigenvalue weighted by atomic mass is 19.4. The number of rotatable bonds is 6. The maximum atomic E-state index is 12.7. The van der Waals surface area contributed by atoms with Gasteiger partial charge >= 0.3 is 6.18 Å². The van der Waals surface area contributed by atoms with E-state index in [-0.39, 0.29) is 0 Å². The molecule has 0 fully saturated rings. The molecule has 0 radical (unpaired) electrons. The van der Waals surface area contributed by atoms with Crippen molar-refractivity contribution in [3.05, 3.63) is 34.9 Å². The van der Waals surface area contributed by atoms with Gasteiger partial charge in [0.2, 0.25) is 0 Å². The van der Waals surface area contributed by atoms with E-state index in [2.05, 4.69) is 0 Å². The second-order valence-corrected chi connectivity index (χ2v) is 4.56. The third-order valence-corrected chi connectivity index (χ3v) is 2.76. The molecular formula is C13H20F3N3. The van der Waals surface area contributed by atoms with Crippen LogP contribution in [0.3, 0.4) is 0 Å². The number of aryl methyl sites for hydroxylation is 1. The average molecular weight is 275 g/mol. The lowest BCUT2D eigenvalue weighted by atomic mass is 10.1. The van der Waals surface area contributed by atoms with Crippen LogP contribution < -0.4 is 11.5 Å². The van der Waals surface area contributed by atoms with Gasteiger partial charge < -0.3 is 11.5 Å². The molecule has 0 aliphatic heterocycles. The zero-order valence-corrected chi connectivity index (χ0v) is 11.0. The Balaban J connectivity index is 2.90. The van der Waals surface area contributed by atoms with E-state index in [4.69, 9.17) is 11.5 Å². The van der Waals surface area contributed by atoms with Gasteiger partial charge in [-0.2, -0.15) is 13.2 Å². The van der Waals surface area contributed by atoms with Crippen LogP contribution in [0.2, 0.25) is 0 Å². The molecule has 1 aromatic rings. The minimum atomic E-state index is -4.31. The summed E-state index contributed by atoms with van der Waals surface area (Å²) < 4.78 is 38.2. The van der Waals surface area contributed by atoms with E-state index < -0.39 is 11.7 Å². The first kappa shape index (κ1) is 15.9. The SMILES string of the molecule is Cc1cc(CN(CCN)CCN)cc(C(F)(F)F)c1. The summed E-state index contributed by atoms with van der Waals surface area (Å²) in [7, 11) is 0. The lowest BCUT2D eigenvalue weighted by Crippen LogP contribution is -2.33. The van der Waals surface area contributed by atoms with Gasteiger partial charge in [-0.05, 0) is 24.6 Å². The maximum Gasteiger partial charge on any atom is 0.416 e. The van der Waals surface area contributed by atoms with Crippen LogP contribution >= 0.6 is 0 Å². The quantitative estimate of drug-likeness (QED) is 0.831. The highest BCUT2D eigenvalue weighted by Gasteiger charge is 2.30. The van der Waals surface area contributed by atoms with Crippen LogP contribution in [0.5, 0.6) is 0 Å². The zero-order valence-electron chi connectivity index (χ0n) is 11.0. The Kier molecular flexibility index (Phi) is 5.78. The van der Waals surface area contributed by atoms with Crippen molar-refractivity contribution < 1.29 is 13.2 Å². The van der Waals surface area contributed by atoms with Gasteiger partial charge in [0.1, 0.15) is 0 Å². The molecule has 0 bridgehead atoms. The molecule has 1 aromatic carbocycles. The largest absolute Gasteiger partial charge is 0.416 e. The van der Waals surface area contributed by atoms with Gasteiger partial charge in [0, 0.05) is 32.7 Å². The number of nitrogens with zero attached hydrogens (tertiary/aromatic N) is 1. The Morgan fingerprint density at radius 3 is 2.11 bits per heavy atom. The number of hydrogen-bond donors (Lipinski definition) is 2. The highest BCUT2D eigenvalue weighted by molar-refractivity contribution is 5.31. The fraction of sp³-hybridized carbons (Fsp3) is 0.538. The second kappa shape index (κ2) is 6.88. The Morgan fingerprint density at radius 2 is 1.63 bits per heavy atom. The molecule has 0 heterocycles. The Hall–Kier alpha value is -1.11. The van der Waals surface area contributed by atoms with E-state index in [1.165, 1.54) is 6.07 Å². The molecule has 0 aromatic heterocycles. The molecule has 1 rings (SSSR count). The minimum absolute atomic E-state index is 0.430. The van der Waals surface area contributed by atoms with Gasteiger partial charge in [-0.1, -0.05) is 11.6 Å². The predicted molar refractivity (Wildman–Crippen MR) is 69.6 cm³/mol. The van der Waals surface area contributed by atoms with Crippen LogP contribution in [-0.4, -0.2) is 31.1 Å². The van der Waals surface area contributed by atoms with Crippen LogP contribution in [0.4, 0.5) is 13.2 Å². The van der Waals surface area contributed by atoms with Crippen LogP contribution in [0.1, 0.15) is 16.7 Å². The van der Waals surface area contributed by atoms with E-state index in [1.54, 1.807) is 13.0 Å². The summed E-state index contributed by atoms with van der Waals surface area (Å²) in [5.41, 5.74) is 11.6. The minimum Gasteiger partial charge on any atom is -0.329 e. The summed E-state index contributed by atoms with van der Waals surface area (Å²) in [5.74, 6) is 0. The van der Waals surface area contributed by atoms with E-state index in [0.717, 1.165) is 6.07 Å². The predicted octanol–water partition coefficient (Wildman–Crippen LogP) is 1.73. The number of alkyl halides is 3. The fourth-order valence-electron chi connectivity index (χ4n) is 2.01. The first-order valence-corrected chi connectivity index (χ1v) is 6.17. The van der Waals surface area contributed by atoms with Gasteiger partial charge in [-0.25, -0.2) is 0 Å². The zero-order chi connectivity index (χ0) is 14.5. The third kappa shape index (κ3) is 5.18. The monoisotopic (exact) mass is 275 g/mol. The Labute approximate surface area is 111 Å². The van der Waals surface area contributed by atoms with E-state index in [9.17, 15) is 13.2 Å². The van der Waals surface area contributed by atoms with Crippen molar-refractivity contribution in [1.82, 2.24) is 4.90 Å². The van der Waals surface area contributed by atoms with Crippen molar-refractivity contribution >= 4 is 0 Å². The summed E-state index contributed by atoms with van der Waals surface area (Å²) >= 11 is 0. The Morgan fingerprint density at radius 1 is 1.05 bits per heavy atom. The van der Waals surface area contributed by atoms with Crippen molar-refractivity contribution in [1.29, 1.82) is 0 Å². The van der Waals surface area contributed by atoms with Gasteiger partial charge in [0.15, 0.2) is 0 Å². The lowest BCUT2D eigenvalue weighted by molar-refractivity contribution is -0.137. The molecule has 0 unspecified atom stereocenters. The molecule has 4 N–H and O–H groups in total. The summed E-state index contributed by atoms with van der Waals surface area (Å²) in [4.78, 5) is 1.95. The van der Waals surface area contributed by atoms with E-state index in [0.29, 0.717) is 43.9 Å². The van der Waals surface area contributed by atoms with Crippen LogP contribution in [0.15, 0.2) is 18.2 Å². The number of halogens is 3. The van der Waals surface area contributed by atoms with E-state index >= 15 is 0 Å². The second-order valence-electron chi connectivity index (χ2n) is 4.56. The van der Waals surface area contributed by atoms with Gasteiger partial charge in [-0.3, -0.25) is 4.90 Å². The summed E-state index contributed by atoms with van der Waals surface area (Å²) in [5, 5.41) is 0. The van der Waals surface area contributed by atoms with Crippen molar-refractivity contribution in [2.75, 3.05) is 26.2 Å². The summed E-state index contributed by atoms with van der Waals surface area (Å²) in [6.07, 6.45) is -4.31. The van der Waals surface area contributed by atoms with Crippen LogP contribution in [-0.2, 0) is 12.7 Å². The number of hydrogen-bond acceptors (Lipinski definition) is 3. The lowest BCUT2D eigenvalue weighted by Gasteiger charge is -2.21. The van der Waals surface area contributed by atoms with Crippen molar-refractivity contribution in [2.24, 2.45) is 11.5 Å². The van der Waals surface area contributed by atoms with Crippen molar-refractivity contribution in [3.8, 4) is 0 Å². The summed E-state index contributed by atoms with van der Waals surface area (Å²) in [6.45, 7) is 4.24. The molecule has 6 heteroatoms. The molecule has 0 amide bonds. The molecule has 0 spiro atoms. The number of nitrogens with two attached hydrogens (primary N) is 2. The topological polar surface area (TPSA) is 55.3 Å². The average Bonchev–Trinajstić information content (AvgIpc) is 2.27. The fourth-order valence-corrected chi connectivity index (χ4v) is 2.01. The van der Waals surface area contributed by atoms with Crippen LogP contribution in [0.25, 0.3) is 0 Å². The molecule has 108 valence electrons. The highest BCUT2D eigenvalue weighted by Crippen LogP contribution is 2.30. The van der Waals surface area contributed by atoms with Gasteiger partial charge in [0.25, 0.3) is 0 Å². The maximum absolute atomic E-state index is 12.7. The molecule has 0 aliphatic carbocycles. The molecule has 3 nitrogen and oxygen atoms in total. The third-order valence-electron chi connectivity index (χ3n) is 2.76. The normalized spacial score (nSPS) is 12.2. The molecule has 19 heavy (non-hydrogen) atoms. The standard InChI is InChI=1S/C13H20F3N3/c1-10-6-11(8-12(7-10)13(14,15)16)9-19(4-2-17)5-3-18/h6-8H,2-5,9,17-18H2,1H3. The van der Waals surface area contributed by atoms with Gasteiger partial charge in [0.05, 0.1) is 5.56 Å². The number of benzene rings is 1. The molecule has 0 saturated carbocycles. The Bertz CT molecular complexity index is 399. The van der Waals surface area contributed by atoms with Crippen molar-refractivity contribution in [3.63, 3.8) is 0 Å². The summed E-state index contributed by atoms with van der Waals surface area (Å²) in [6, 6.07) is 4.10. The first-order valence-electron chi connectivity index (χ1n) is 6.17. The molecule has 0 saturated heterocycles. The van der Waals surface area contributed by atoms with Crippen molar-refractivity contribution in [2.45, 2.75) is 19.6 Å². The van der Waals surface area contributed by atoms with E-state index in [1.807, 2.05) is 4.90 Å². The first-order chi connectivity index (χ1) is 8.86. The smallest absolute Gasteiger partial charge is 0.329 e. The van der Waals surface area contributed by atoms with Gasteiger partial charge in [-0.15, -0.1) is 0 Å².